The zero-order chi connectivity index (χ0) is 23.9. The Morgan fingerprint density at radius 2 is 1.24 bits per heavy atom. The fraction of sp³-hybridized carbons (Fsp3) is 0.917. The van der Waals surface area contributed by atoms with Crippen LogP contribution in [0.25, 0.3) is 0 Å². The Morgan fingerprint density at radius 3 is 1.55 bits per heavy atom. The third kappa shape index (κ3) is 5.81. The van der Waals surface area contributed by atoms with Crippen molar-refractivity contribution < 1.29 is 65.9 Å². The van der Waals surface area contributed by atoms with Gasteiger partial charge in [-0.15, -0.1) is 0 Å². The summed E-state index contributed by atoms with van der Waals surface area (Å²) in [5.74, 6) is -20.3. The molecular weight excluding hydrogens is 466 g/mol. The summed E-state index contributed by atoms with van der Waals surface area (Å²) < 4.78 is 175. The van der Waals surface area contributed by atoms with Crippen LogP contribution >= 0.6 is 0 Å². The molecule has 174 valence electrons. The summed E-state index contributed by atoms with van der Waals surface area (Å²) in [5.41, 5.74) is 4.55. The summed E-state index contributed by atoms with van der Waals surface area (Å²) in [6.07, 6.45) is -20.0. The number of primary amides is 1. The highest BCUT2D eigenvalue weighted by molar-refractivity contribution is 7.93. The van der Waals surface area contributed by atoms with Gasteiger partial charge in [-0.1, -0.05) is 0 Å². The lowest BCUT2D eigenvalue weighted by atomic mass is 10.0. The van der Waals surface area contributed by atoms with Gasteiger partial charge in [0.2, 0.25) is 5.91 Å². The molecule has 0 aliphatic carbocycles. The Labute approximate surface area is 155 Å². The summed E-state index contributed by atoms with van der Waals surface area (Å²) in [7, 11) is -5.51. The third-order valence-electron chi connectivity index (χ3n) is 3.77. The maximum Gasteiger partial charge on any atom is 0.459 e. The van der Waals surface area contributed by atoms with E-state index in [4.69, 9.17) is 0 Å². The number of halogens is 12. The molecule has 2 unspecified atom stereocenters. The Kier molecular flexibility index (Phi) is 7.62. The minimum atomic E-state index is -6.76. The Bertz CT molecular complexity index is 698. The van der Waals surface area contributed by atoms with Crippen molar-refractivity contribution in [2.45, 2.75) is 66.8 Å². The van der Waals surface area contributed by atoms with Crippen molar-refractivity contribution in [1.82, 2.24) is 0 Å². The van der Waals surface area contributed by atoms with Crippen molar-refractivity contribution in [3.05, 3.63) is 0 Å². The van der Waals surface area contributed by atoms with E-state index in [2.05, 4.69) is 5.73 Å². The molecule has 0 heterocycles. The molecule has 29 heavy (non-hydrogen) atoms. The van der Waals surface area contributed by atoms with Gasteiger partial charge in [0, 0.05) is 12.8 Å². The molecule has 0 saturated heterocycles. The highest BCUT2D eigenvalue weighted by atomic mass is 32.2. The molecule has 0 radical (unpaired) electrons. The van der Waals surface area contributed by atoms with Gasteiger partial charge in [-0.3, -0.25) is 4.79 Å². The van der Waals surface area contributed by atoms with Crippen molar-refractivity contribution in [3.8, 4) is 0 Å². The van der Waals surface area contributed by atoms with Gasteiger partial charge in [0.1, 0.15) is 5.25 Å². The van der Waals surface area contributed by atoms with Crippen LogP contribution in [0.1, 0.15) is 26.2 Å². The largest absolute Gasteiger partial charge is 0.459 e. The van der Waals surface area contributed by atoms with Crippen molar-refractivity contribution >= 4 is 15.7 Å². The van der Waals surface area contributed by atoms with Crippen LogP contribution in [0.3, 0.4) is 0 Å². The first-order valence-electron chi connectivity index (χ1n) is 7.20. The standard InChI is InChI=1S/C12H13F12NO3S/c1-5(4-9(15,16)11(19,20)21)29(27,28)6(7(25)26)2-3-8(13,14)10(17,18)12(22,23)24/h5-6H,2-4H2,1H3,(H2,25,26). The fourth-order valence-electron chi connectivity index (χ4n) is 2.02. The summed E-state index contributed by atoms with van der Waals surface area (Å²) in [5, 5.41) is -5.76. The number of rotatable bonds is 9. The quantitative estimate of drug-likeness (QED) is 0.511. The van der Waals surface area contributed by atoms with Gasteiger partial charge in [0.15, 0.2) is 9.84 Å². The second-order valence-corrected chi connectivity index (χ2v) is 8.56. The minimum Gasteiger partial charge on any atom is -0.369 e. The molecule has 0 aliphatic heterocycles. The van der Waals surface area contributed by atoms with Gasteiger partial charge in [0.25, 0.3) is 0 Å². The molecule has 0 fully saturated rings. The predicted octanol–water partition coefficient (Wildman–Crippen LogP) is 3.84. The Morgan fingerprint density at radius 1 is 0.828 bits per heavy atom. The summed E-state index contributed by atoms with van der Waals surface area (Å²) in [6, 6.07) is 0. The van der Waals surface area contributed by atoms with Gasteiger partial charge in [-0.25, -0.2) is 8.42 Å². The van der Waals surface area contributed by atoms with Crippen LogP contribution in [0.2, 0.25) is 0 Å². The van der Waals surface area contributed by atoms with Crippen molar-refractivity contribution in [2.75, 3.05) is 0 Å². The lowest BCUT2D eigenvalue weighted by Crippen LogP contribution is -2.53. The minimum absolute atomic E-state index is 0.230. The number of carbonyl (C=O) groups excluding carboxylic acids is 1. The molecule has 0 spiro atoms. The second kappa shape index (κ2) is 8.02. The normalized spacial score (nSPS) is 17.1. The monoisotopic (exact) mass is 479 g/mol. The van der Waals surface area contributed by atoms with Crippen LogP contribution in [0.5, 0.6) is 0 Å². The van der Waals surface area contributed by atoms with E-state index in [0.717, 1.165) is 0 Å². The molecule has 17 heteroatoms. The summed E-state index contributed by atoms with van der Waals surface area (Å²) in [6.45, 7) is 0.230. The van der Waals surface area contributed by atoms with Gasteiger partial charge in [0.05, 0.1) is 5.25 Å². The first-order valence-corrected chi connectivity index (χ1v) is 8.81. The SMILES string of the molecule is CC(CC(F)(F)C(F)(F)F)S(=O)(=O)C(CCC(F)(F)C(F)(F)C(F)(F)F)C(N)=O. The summed E-state index contributed by atoms with van der Waals surface area (Å²) in [4.78, 5) is 11.2. The van der Waals surface area contributed by atoms with Crippen LogP contribution in [0.15, 0.2) is 0 Å². The molecular formula is C12H13F12NO3S. The average Bonchev–Trinajstić information content (AvgIpc) is 2.43. The average molecular weight is 479 g/mol. The van der Waals surface area contributed by atoms with Gasteiger partial charge < -0.3 is 5.73 Å². The summed E-state index contributed by atoms with van der Waals surface area (Å²) >= 11 is 0. The molecule has 0 rings (SSSR count). The number of nitrogens with two attached hydrogens (primary N) is 1. The lowest BCUT2D eigenvalue weighted by Gasteiger charge is -2.29. The zero-order valence-electron chi connectivity index (χ0n) is 14.0. The van der Waals surface area contributed by atoms with E-state index in [9.17, 15) is 65.9 Å². The highest BCUT2D eigenvalue weighted by Gasteiger charge is 2.72. The number of hydrogen-bond donors (Lipinski definition) is 1. The zero-order valence-corrected chi connectivity index (χ0v) is 14.8. The van der Waals surface area contributed by atoms with E-state index in [-0.39, 0.29) is 6.92 Å². The van der Waals surface area contributed by atoms with Gasteiger partial charge in [-0.05, 0) is 13.3 Å². The lowest BCUT2D eigenvalue weighted by molar-refractivity contribution is -0.355. The van der Waals surface area contributed by atoms with E-state index >= 15 is 0 Å². The van der Waals surface area contributed by atoms with E-state index in [1.807, 2.05) is 0 Å². The number of carbonyl (C=O) groups is 1. The topological polar surface area (TPSA) is 77.2 Å². The highest BCUT2D eigenvalue weighted by Crippen LogP contribution is 2.49. The van der Waals surface area contributed by atoms with Gasteiger partial charge >= 0.3 is 30.1 Å². The fourth-order valence-corrected chi connectivity index (χ4v) is 3.79. The molecule has 0 aromatic heterocycles. The first kappa shape index (κ1) is 27.6. The third-order valence-corrected chi connectivity index (χ3v) is 6.32. The molecule has 2 atom stereocenters. The van der Waals surface area contributed by atoms with Gasteiger partial charge in [-0.2, -0.15) is 52.7 Å². The number of hydrogen-bond acceptors (Lipinski definition) is 3. The van der Waals surface area contributed by atoms with E-state index < -0.39 is 75.6 Å². The van der Waals surface area contributed by atoms with Crippen molar-refractivity contribution in [2.24, 2.45) is 5.73 Å². The smallest absolute Gasteiger partial charge is 0.369 e. The first-order chi connectivity index (χ1) is 12.4. The van der Waals surface area contributed by atoms with Crippen molar-refractivity contribution in [1.29, 1.82) is 0 Å². The number of sulfone groups is 1. The molecule has 2 N–H and O–H groups in total. The molecule has 4 nitrogen and oxygen atoms in total. The second-order valence-electron chi connectivity index (χ2n) is 6.01. The van der Waals surface area contributed by atoms with Crippen molar-refractivity contribution in [3.63, 3.8) is 0 Å². The van der Waals surface area contributed by atoms with Crippen LogP contribution in [-0.2, 0) is 14.6 Å². The van der Waals surface area contributed by atoms with E-state index in [0.29, 0.717) is 0 Å². The van der Waals surface area contributed by atoms with Crippen LogP contribution in [0, 0.1) is 0 Å². The molecule has 0 aromatic rings. The number of alkyl halides is 12. The van der Waals surface area contributed by atoms with E-state index in [1.54, 1.807) is 0 Å². The maximum atomic E-state index is 13.3. The maximum absolute atomic E-state index is 13.3. The number of amides is 1. The van der Waals surface area contributed by atoms with Crippen LogP contribution < -0.4 is 5.73 Å². The Balaban J connectivity index is 5.70. The Hall–Kier alpha value is -1.42. The van der Waals surface area contributed by atoms with E-state index in [1.165, 1.54) is 0 Å². The van der Waals surface area contributed by atoms with Crippen LogP contribution in [0.4, 0.5) is 52.7 Å². The molecule has 0 saturated carbocycles. The molecule has 0 aliphatic rings. The molecule has 0 bridgehead atoms. The predicted molar refractivity (Wildman–Crippen MR) is 72.2 cm³/mol. The molecule has 1 amide bonds. The van der Waals surface area contributed by atoms with Crippen LogP contribution in [-0.4, -0.2) is 54.9 Å². The molecule has 0 aromatic carbocycles.